The fraction of sp³-hybridized carbons (Fsp3) is 0.421. The molecule has 1 aliphatic rings. The molecule has 1 aromatic heterocycles. The summed E-state index contributed by atoms with van der Waals surface area (Å²) in [4.78, 5) is 14.7. The van der Waals surface area contributed by atoms with Gasteiger partial charge in [0.05, 0.1) is 12.8 Å². The van der Waals surface area contributed by atoms with Crippen LogP contribution in [-0.4, -0.2) is 37.7 Å². The Morgan fingerprint density at radius 2 is 2.15 bits per heavy atom. The topological polar surface area (TPSA) is 53.6 Å². The Labute approximate surface area is 163 Å². The summed E-state index contributed by atoms with van der Waals surface area (Å²) in [6, 6.07) is 7.11. The summed E-state index contributed by atoms with van der Waals surface area (Å²) in [6.07, 6.45) is 2.20. The van der Waals surface area contributed by atoms with Crippen molar-refractivity contribution in [1.29, 1.82) is 0 Å². The molecule has 0 spiro atoms. The van der Waals surface area contributed by atoms with Gasteiger partial charge in [0.1, 0.15) is 5.75 Å². The number of benzene rings is 1. The van der Waals surface area contributed by atoms with Gasteiger partial charge in [0.2, 0.25) is 0 Å². The standard InChI is InChI=1S/C19H24ClN3O2S/c1-25-18-3-2-16(20)10-17(18)22-19(24)21-11-14-4-7-23(8-5-14)12-15-6-9-26-13-15/h2-3,6,9-10,13-14H,4-5,7-8,11-12H2,1H3,(H2,21,22,24). The minimum absolute atomic E-state index is 0.230. The number of halogens is 1. The lowest BCUT2D eigenvalue weighted by molar-refractivity contribution is 0.176. The lowest BCUT2D eigenvalue weighted by atomic mass is 9.96. The van der Waals surface area contributed by atoms with Gasteiger partial charge in [-0.15, -0.1) is 0 Å². The van der Waals surface area contributed by atoms with Gasteiger partial charge in [-0.1, -0.05) is 11.6 Å². The van der Waals surface area contributed by atoms with E-state index in [-0.39, 0.29) is 6.03 Å². The Morgan fingerprint density at radius 3 is 2.85 bits per heavy atom. The van der Waals surface area contributed by atoms with Crippen molar-refractivity contribution >= 4 is 34.7 Å². The van der Waals surface area contributed by atoms with E-state index in [0.29, 0.717) is 28.9 Å². The second-order valence-electron chi connectivity index (χ2n) is 6.53. The van der Waals surface area contributed by atoms with Crippen molar-refractivity contribution in [1.82, 2.24) is 10.2 Å². The molecule has 0 saturated carbocycles. The van der Waals surface area contributed by atoms with E-state index in [1.54, 1.807) is 36.6 Å². The molecule has 140 valence electrons. The van der Waals surface area contributed by atoms with E-state index in [0.717, 1.165) is 32.5 Å². The number of hydrogen-bond donors (Lipinski definition) is 2. The zero-order valence-corrected chi connectivity index (χ0v) is 16.4. The number of likely N-dealkylation sites (tertiary alicyclic amines) is 1. The number of nitrogens with zero attached hydrogens (tertiary/aromatic N) is 1. The number of ether oxygens (including phenoxy) is 1. The zero-order chi connectivity index (χ0) is 18.4. The molecule has 7 heteroatoms. The maximum absolute atomic E-state index is 12.2. The first-order valence-corrected chi connectivity index (χ1v) is 10.1. The molecule has 2 amide bonds. The van der Waals surface area contributed by atoms with Gasteiger partial charge in [0, 0.05) is 18.1 Å². The molecule has 2 heterocycles. The van der Waals surface area contributed by atoms with Crippen molar-refractivity contribution < 1.29 is 9.53 Å². The number of methoxy groups -OCH3 is 1. The van der Waals surface area contributed by atoms with E-state index < -0.39 is 0 Å². The first-order chi connectivity index (χ1) is 12.6. The van der Waals surface area contributed by atoms with Crippen molar-refractivity contribution in [2.45, 2.75) is 19.4 Å². The molecule has 0 unspecified atom stereocenters. The largest absolute Gasteiger partial charge is 0.495 e. The van der Waals surface area contributed by atoms with Crippen LogP contribution in [0.1, 0.15) is 18.4 Å². The van der Waals surface area contributed by atoms with Crippen LogP contribution in [-0.2, 0) is 6.54 Å². The average Bonchev–Trinajstić information content (AvgIpc) is 3.14. The van der Waals surface area contributed by atoms with Crippen LogP contribution in [0.4, 0.5) is 10.5 Å². The number of carbonyl (C=O) groups is 1. The van der Waals surface area contributed by atoms with Gasteiger partial charge in [-0.3, -0.25) is 4.90 Å². The predicted octanol–water partition coefficient (Wildman–Crippen LogP) is 4.44. The normalized spacial score (nSPS) is 15.6. The van der Waals surface area contributed by atoms with Gasteiger partial charge in [0.15, 0.2) is 0 Å². The molecule has 1 fully saturated rings. The third-order valence-electron chi connectivity index (χ3n) is 4.65. The minimum Gasteiger partial charge on any atom is -0.495 e. The van der Waals surface area contributed by atoms with Gasteiger partial charge in [-0.2, -0.15) is 11.3 Å². The molecule has 0 radical (unpaired) electrons. The predicted molar refractivity (Wildman–Crippen MR) is 107 cm³/mol. The van der Waals surface area contributed by atoms with Crippen molar-refractivity contribution in [3.8, 4) is 5.75 Å². The summed E-state index contributed by atoms with van der Waals surface area (Å²) in [5.74, 6) is 1.10. The summed E-state index contributed by atoms with van der Waals surface area (Å²) >= 11 is 7.73. The second-order valence-corrected chi connectivity index (χ2v) is 7.75. The lowest BCUT2D eigenvalue weighted by Crippen LogP contribution is -2.39. The summed E-state index contributed by atoms with van der Waals surface area (Å²) in [5, 5.41) is 10.7. The number of amides is 2. The van der Waals surface area contributed by atoms with Crippen LogP contribution < -0.4 is 15.4 Å². The SMILES string of the molecule is COc1ccc(Cl)cc1NC(=O)NCC1CCN(Cc2ccsc2)CC1. The van der Waals surface area contributed by atoms with Crippen LogP contribution in [0.25, 0.3) is 0 Å². The van der Waals surface area contributed by atoms with E-state index in [4.69, 9.17) is 16.3 Å². The summed E-state index contributed by atoms with van der Waals surface area (Å²) < 4.78 is 5.24. The maximum Gasteiger partial charge on any atom is 0.319 e. The molecular formula is C19H24ClN3O2S. The van der Waals surface area contributed by atoms with Gasteiger partial charge in [0.25, 0.3) is 0 Å². The number of urea groups is 1. The monoisotopic (exact) mass is 393 g/mol. The third kappa shape index (κ3) is 5.37. The van der Waals surface area contributed by atoms with Gasteiger partial charge >= 0.3 is 6.03 Å². The fourth-order valence-corrected chi connectivity index (χ4v) is 4.00. The molecule has 0 aliphatic carbocycles. The third-order valence-corrected chi connectivity index (χ3v) is 5.62. The van der Waals surface area contributed by atoms with Crippen molar-refractivity contribution in [2.24, 2.45) is 5.92 Å². The second kappa shape index (κ2) is 9.26. The first-order valence-electron chi connectivity index (χ1n) is 8.76. The molecular weight excluding hydrogens is 370 g/mol. The first kappa shape index (κ1) is 19.0. The highest BCUT2D eigenvalue weighted by atomic mass is 35.5. The van der Waals surface area contributed by atoms with Gasteiger partial charge < -0.3 is 15.4 Å². The van der Waals surface area contributed by atoms with Crippen LogP contribution >= 0.6 is 22.9 Å². The number of anilines is 1. The van der Waals surface area contributed by atoms with Crippen molar-refractivity contribution in [3.63, 3.8) is 0 Å². The molecule has 1 aromatic carbocycles. The summed E-state index contributed by atoms with van der Waals surface area (Å²) in [7, 11) is 1.57. The van der Waals surface area contributed by atoms with E-state index in [2.05, 4.69) is 32.4 Å². The Kier molecular flexibility index (Phi) is 6.77. The summed E-state index contributed by atoms with van der Waals surface area (Å²) in [5.41, 5.74) is 1.96. The maximum atomic E-state index is 12.2. The van der Waals surface area contributed by atoms with E-state index >= 15 is 0 Å². The van der Waals surface area contributed by atoms with E-state index in [1.165, 1.54) is 5.56 Å². The highest BCUT2D eigenvalue weighted by Crippen LogP contribution is 2.27. The highest BCUT2D eigenvalue weighted by molar-refractivity contribution is 7.07. The van der Waals surface area contributed by atoms with E-state index in [9.17, 15) is 4.79 Å². The number of rotatable bonds is 6. The molecule has 5 nitrogen and oxygen atoms in total. The number of carbonyl (C=O) groups excluding carboxylic acids is 1. The van der Waals surface area contributed by atoms with Crippen LogP contribution in [0.3, 0.4) is 0 Å². The number of piperidine rings is 1. The Morgan fingerprint density at radius 1 is 1.35 bits per heavy atom. The minimum atomic E-state index is -0.230. The Hall–Kier alpha value is -1.76. The number of nitrogens with one attached hydrogen (secondary N) is 2. The Balaban J connectivity index is 1.41. The van der Waals surface area contributed by atoms with Crippen molar-refractivity contribution in [2.75, 3.05) is 32.1 Å². The van der Waals surface area contributed by atoms with Gasteiger partial charge in [-0.25, -0.2) is 4.79 Å². The smallest absolute Gasteiger partial charge is 0.319 e. The molecule has 0 atom stereocenters. The van der Waals surface area contributed by atoms with Crippen LogP contribution in [0.5, 0.6) is 5.75 Å². The Bertz CT molecular complexity index is 716. The molecule has 0 bridgehead atoms. The molecule has 2 aromatic rings. The van der Waals surface area contributed by atoms with Crippen molar-refractivity contribution in [3.05, 3.63) is 45.6 Å². The fourth-order valence-electron chi connectivity index (χ4n) is 3.17. The van der Waals surface area contributed by atoms with Crippen LogP contribution in [0, 0.1) is 5.92 Å². The van der Waals surface area contributed by atoms with E-state index in [1.807, 2.05) is 0 Å². The molecule has 26 heavy (non-hydrogen) atoms. The number of thiophene rings is 1. The molecule has 1 aliphatic heterocycles. The average molecular weight is 394 g/mol. The van der Waals surface area contributed by atoms with Crippen LogP contribution in [0.15, 0.2) is 35.0 Å². The summed E-state index contributed by atoms with van der Waals surface area (Å²) in [6.45, 7) is 3.86. The lowest BCUT2D eigenvalue weighted by Gasteiger charge is -2.31. The molecule has 3 rings (SSSR count). The molecule has 2 N–H and O–H groups in total. The zero-order valence-electron chi connectivity index (χ0n) is 14.8. The van der Waals surface area contributed by atoms with Crippen LogP contribution in [0.2, 0.25) is 5.02 Å². The number of hydrogen-bond acceptors (Lipinski definition) is 4. The quantitative estimate of drug-likeness (QED) is 0.762. The van der Waals surface area contributed by atoms with Gasteiger partial charge in [-0.05, 0) is 72.4 Å². The highest BCUT2D eigenvalue weighted by Gasteiger charge is 2.20. The molecule has 1 saturated heterocycles.